The second kappa shape index (κ2) is 5.49. The Labute approximate surface area is 150 Å². The van der Waals surface area contributed by atoms with E-state index in [-0.39, 0.29) is 25.3 Å². The monoisotopic (exact) mass is 350 g/mol. The summed E-state index contributed by atoms with van der Waals surface area (Å²) in [7, 11) is 0. The molecular formula is C20H18N2O4. The first-order valence-electron chi connectivity index (χ1n) is 8.78. The lowest BCUT2D eigenvalue weighted by atomic mass is 9.76. The summed E-state index contributed by atoms with van der Waals surface area (Å²) in [6.45, 7) is 0.410. The second-order valence-corrected chi connectivity index (χ2v) is 6.93. The van der Waals surface area contributed by atoms with E-state index in [0.29, 0.717) is 17.9 Å². The van der Waals surface area contributed by atoms with Crippen molar-refractivity contribution in [3.8, 4) is 11.5 Å². The third kappa shape index (κ3) is 2.11. The van der Waals surface area contributed by atoms with Crippen LogP contribution in [0.3, 0.4) is 0 Å². The number of urea groups is 1. The Morgan fingerprint density at radius 1 is 1.08 bits per heavy atom. The summed E-state index contributed by atoms with van der Waals surface area (Å²) in [6, 6.07) is 13.0. The molecule has 1 saturated heterocycles. The van der Waals surface area contributed by atoms with E-state index in [1.807, 2.05) is 42.5 Å². The Bertz CT molecular complexity index is 926. The number of rotatable bonds is 2. The number of hydrogen-bond donors (Lipinski definition) is 1. The lowest BCUT2D eigenvalue weighted by molar-refractivity contribution is -0.132. The number of nitrogens with zero attached hydrogens (tertiary/aromatic N) is 1. The molecule has 3 amide bonds. The van der Waals surface area contributed by atoms with Crippen molar-refractivity contribution in [2.24, 2.45) is 0 Å². The Hall–Kier alpha value is -3.02. The number of benzene rings is 2. The van der Waals surface area contributed by atoms with E-state index in [4.69, 9.17) is 9.47 Å². The molecule has 2 aromatic rings. The minimum atomic E-state index is -0.928. The highest BCUT2D eigenvalue weighted by Gasteiger charge is 2.53. The van der Waals surface area contributed by atoms with Gasteiger partial charge in [0.15, 0.2) is 11.5 Å². The van der Waals surface area contributed by atoms with Crippen LogP contribution < -0.4 is 14.8 Å². The molecule has 1 fully saturated rings. The predicted molar refractivity (Wildman–Crippen MR) is 92.7 cm³/mol. The first-order valence-corrected chi connectivity index (χ1v) is 8.78. The molecule has 1 spiro atoms. The molecule has 6 nitrogen and oxygen atoms in total. The van der Waals surface area contributed by atoms with Crippen molar-refractivity contribution in [1.82, 2.24) is 10.2 Å². The average Bonchev–Trinajstić information content (AvgIpc) is 3.21. The number of fused-ring (bicyclic) bond motifs is 3. The highest BCUT2D eigenvalue weighted by atomic mass is 16.7. The van der Waals surface area contributed by atoms with Crippen LogP contribution in [0.4, 0.5) is 4.79 Å². The van der Waals surface area contributed by atoms with Crippen molar-refractivity contribution in [2.75, 3.05) is 6.79 Å². The van der Waals surface area contributed by atoms with E-state index in [2.05, 4.69) is 5.32 Å². The molecule has 0 radical (unpaired) electrons. The fraction of sp³-hybridized carbons (Fsp3) is 0.300. The van der Waals surface area contributed by atoms with Crippen LogP contribution >= 0.6 is 0 Å². The maximum Gasteiger partial charge on any atom is 0.325 e. The maximum atomic E-state index is 13.3. The van der Waals surface area contributed by atoms with Crippen molar-refractivity contribution in [1.29, 1.82) is 0 Å². The molecule has 2 aromatic carbocycles. The molecular weight excluding hydrogens is 332 g/mol. The van der Waals surface area contributed by atoms with E-state index in [9.17, 15) is 9.59 Å². The van der Waals surface area contributed by atoms with Gasteiger partial charge in [-0.25, -0.2) is 4.79 Å². The lowest BCUT2D eigenvalue weighted by Gasteiger charge is -2.33. The summed E-state index contributed by atoms with van der Waals surface area (Å²) in [5.74, 6) is 1.16. The fourth-order valence-electron chi connectivity index (χ4n) is 4.18. The molecule has 1 aliphatic carbocycles. The van der Waals surface area contributed by atoms with Gasteiger partial charge in [0.1, 0.15) is 5.54 Å². The van der Waals surface area contributed by atoms with Crippen LogP contribution in [-0.2, 0) is 23.3 Å². The third-order valence-corrected chi connectivity index (χ3v) is 5.43. The first kappa shape index (κ1) is 15.3. The number of carbonyl (C=O) groups is 2. The molecule has 0 saturated carbocycles. The maximum absolute atomic E-state index is 13.3. The minimum absolute atomic E-state index is 0.174. The summed E-state index contributed by atoms with van der Waals surface area (Å²) < 4.78 is 10.7. The number of ether oxygens (including phenoxy) is 2. The van der Waals surface area contributed by atoms with Gasteiger partial charge in [0.2, 0.25) is 6.79 Å². The van der Waals surface area contributed by atoms with Gasteiger partial charge in [-0.1, -0.05) is 30.3 Å². The first-order chi connectivity index (χ1) is 12.7. The van der Waals surface area contributed by atoms with Crippen LogP contribution in [-0.4, -0.2) is 23.6 Å². The Kier molecular flexibility index (Phi) is 3.22. The molecule has 2 heterocycles. The predicted octanol–water partition coefficient (Wildman–Crippen LogP) is 2.70. The van der Waals surface area contributed by atoms with E-state index >= 15 is 0 Å². The summed E-state index contributed by atoms with van der Waals surface area (Å²) in [6.07, 6.45) is 2.44. The molecule has 2 aliphatic heterocycles. The van der Waals surface area contributed by atoms with Gasteiger partial charge in [0, 0.05) is 0 Å². The summed E-state index contributed by atoms with van der Waals surface area (Å²) in [5.41, 5.74) is 1.97. The molecule has 1 atom stereocenters. The minimum Gasteiger partial charge on any atom is -0.454 e. The molecule has 26 heavy (non-hydrogen) atoms. The average molecular weight is 350 g/mol. The second-order valence-electron chi connectivity index (χ2n) is 6.93. The number of aryl methyl sites for hydroxylation is 1. The van der Waals surface area contributed by atoms with Crippen LogP contribution in [0.1, 0.15) is 29.5 Å². The summed E-state index contributed by atoms with van der Waals surface area (Å²) in [4.78, 5) is 27.2. The van der Waals surface area contributed by atoms with Crippen LogP contribution in [0.2, 0.25) is 0 Å². The zero-order valence-electron chi connectivity index (χ0n) is 14.2. The number of nitrogens with one attached hydrogen (secondary N) is 1. The Balaban J connectivity index is 1.47. The van der Waals surface area contributed by atoms with Gasteiger partial charge in [-0.2, -0.15) is 0 Å². The van der Waals surface area contributed by atoms with Crippen molar-refractivity contribution < 1.29 is 19.1 Å². The van der Waals surface area contributed by atoms with Crippen LogP contribution in [0.15, 0.2) is 42.5 Å². The summed E-state index contributed by atoms with van der Waals surface area (Å²) in [5, 5.41) is 2.98. The quantitative estimate of drug-likeness (QED) is 0.846. The number of carbonyl (C=O) groups excluding carboxylic acids is 2. The van der Waals surface area contributed by atoms with Crippen LogP contribution in [0.25, 0.3) is 0 Å². The smallest absolute Gasteiger partial charge is 0.325 e. The fourth-order valence-corrected chi connectivity index (χ4v) is 4.18. The van der Waals surface area contributed by atoms with Gasteiger partial charge in [-0.05, 0) is 48.1 Å². The van der Waals surface area contributed by atoms with Crippen molar-refractivity contribution in [3.05, 3.63) is 59.2 Å². The zero-order chi connectivity index (χ0) is 17.7. The molecule has 0 aromatic heterocycles. The molecule has 0 bridgehead atoms. The molecule has 6 heteroatoms. The van der Waals surface area contributed by atoms with Crippen molar-refractivity contribution in [2.45, 2.75) is 31.3 Å². The summed E-state index contributed by atoms with van der Waals surface area (Å²) >= 11 is 0. The largest absolute Gasteiger partial charge is 0.454 e. The van der Waals surface area contributed by atoms with E-state index in [1.54, 1.807) is 0 Å². The number of hydrogen-bond acceptors (Lipinski definition) is 4. The molecule has 5 rings (SSSR count). The van der Waals surface area contributed by atoms with Crippen molar-refractivity contribution >= 4 is 11.9 Å². The molecule has 132 valence electrons. The molecule has 3 aliphatic rings. The number of amides is 3. The van der Waals surface area contributed by atoms with Crippen LogP contribution in [0.5, 0.6) is 11.5 Å². The highest BCUT2D eigenvalue weighted by molar-refractivity contribution is 6.07. The van der Waals surface area contributed by atoms with Gasteiger partial charge < -0.3 is 14.8 Å². The lowest BCUT2D eigenvalue weighted by Crippen LogP contribution is -2.46. The van der Waals surface area contributed by atoms with Gasteiger partial charge in [0.05, 0.1) is 6.54 Å². The van der Waals surface area contributed by atoms with Gasteiger partial charge in [-0.15, -0.1) is 0 Å². The zero-order valence-corrected chi connectivity index (χ0v) is 14.2. The van der Waals surface area contributed by atoms with Crippen LogP contribution in [0, 0.1) is 0 Å². The SMILES string of the molecule is O=C1NC2(CCCc3ccccc32)C(=O)N1Cc1ccc2c(c1)OCO2. The van der Waals surface area contributed by atoms with Gasteiger partial charge >= 0.3 is 6.03 Å². The number of imide groups is 1. The van der Waals surface area contributed by atoms with Crippen molar-refractivity contribution in [3.63, 3.8) is 0 Å². The van der Waals surface area contributed by atoms with E-state index in [1.165, 1.54) is 4.90 Å². The normalized spacial score (nSPS) is 23.3. The Morgan fingerprint density at radius 2 is 1.92 bits per heavy atom. The highest BCUT2D eigenvalue weighted by Crippen LogP contribution is 2.40. The standard InChI is InChI=1S/C20H18N2O4/c23-18-20(9-3-5-14-4-1-2-6-15(14)20)21-19(24)22(18)11-13-7-8-16-17(10-13)26-12-25-16/h1-2,4,6-8,10H,3,5,9,11-12H2,(H,21,24). The third-order valence-electron chi connectivity index (χ3n) is 5.43. The Morgan fingerprint density at radius 3 is 2.85 bits per heavy atom. The molecule has 1 unspecified atom stereocenters. The van der Waals surface area contributed by atoms with E-state index < -0.39 is 5.54 Å². The molecule has 1 N–H and O–H groups in total. The van der Waals surface area contributed by atoms with E-state index in [0.717, 1.165) is 29.5 Å². The van der Waals surface area contributed by atoms with Gasteiger partial charge in [-0.3, -0.25) is 9.69 Å². The topological polar surface area (TPSA) is 67.9 Å². The van der Waals surface area contributed by atoms with Gasteiger partial charge in [0.25, 0.3) is 5.91 Å².